The first kappa shape index (κ1) is 10.1. The Bertz CT molecular complexity index is 695. The number of aromatic nitrogens is 2. The van der Waals surface area contributed by atoms with Gasteiger partial charge in [0.1, 0.15) is 0 Å². The summed E-state index contributed by atoms with van der Waals surface area (Å²) in [4.78, 5) is 1.28. The van der Waals surface area contributed by atoms with Crippen LogP contribution in [0.15, 0.2) is 41.8 Å². The van der Waals surface area contributed by atoms with Gasteiger partial charge in [-0.3, -0.25) is 5.10 Å². The molecular weight excluding hydrogens is 240 g/mol. The summed E-state index contributed by atoms with van der Waals surface area (Å²) in [5.41, 5.74) is 6.41. The van der Waals surface area contributed by atoms with Crippen LogP contribution in [0.5, 0.6) is 0 Å². The van der Waals surface area contributed by atoms with Gasteiger partial charge in [0.2, 0.25) is 0 Å². The molecule has 0 bridgehead atoms. The summed E-state index contributed by atoms with van der Waals surface area (Å²) in [5, 5.41) is 9.87. The maximum absolute atomic E-state index is 4.54. The van der Waals surface area contributed by atoms with Crippen molar-refractivity contribution >= 4 is 11.3 Å². The number of benzene rings is 1. The van der Waals surface area contributed by atoms with E-state index >= 15 is 0 Å². The number of hydrogen-bond donors (Lipinski definition) is 1. The summed E-state index contributed by atoms with van der Waals surface area (Å²) in [7, 11) is 0. The molecule has 0 saturated carbocycles. The van der Waals surface area contributed by atoms with Crippen molar-refractivity contribution in [2.45, 2.75) is 12.8 Å². The van der Waals surface area contributed by atoms with Crippen molar-refractivity contribution in [1.29, 1.82) is 0 Å². The van der Waals surface area contributed by atoms with Gasteiger partial charge >= 0.3 is 0 Å². The molecule has 1 N–H and O–H groups in total. The van der Waals surface area contributed by atoms with Crippen molar-refractivity contribution in [3.05, 3.63) is 52.9 Å². The van der Waals surface area contributed by atoms with Crippen molar-refractivity contribution < 1.29 is 0 Å². The van der Waals surface area contributed by atoms with Crippen molar-refractivity contribution in [3.63, 3.8) is 0 Å². The molecule has 0 atom stereocenters. The standard InChI is InChI=1S/C15H12N2S/c1-2-5-11-10(4-1)7-8-12-14(11)16-17-15(12)13-6-3-9-18-13/h1-6,9H,7-8H2,(H,16,17). The minimum Gasteiger partial charge on any atom is -0.276 e. The Balaban J connectivity index is 1.93. The molecule has 1 aliphatic rings. The number of hydrogen-bond acceptors (Lipinski definition) is 2. The zero-order chi connectivity index (χ0) is 11.9. The van der Waals surface area contributed by atoms with Gasteiger partial charge in [0.15, 0.2) is 0 Å². The highest BCUT2D eigenvalue weighted by Crippen LogP contribution is 2.37. The second-order valence-electron chi connectivity index (χ2n) is 4.56. The molecule has 3 aromatic rings. The lowest BCUT2D eigenvalue weighted by Crippen LogP contribution is -2.02. The Hall–Kier alpha value is -1.87. The van der Waals surface area contributed by atoms with Crippen LogP contribution in [0.4, 0.5) is 0 Å². The number of thiophene rings is 1. The number of aryl methyl sites for hydroxylation is 1. The summed E-state index contributed by atoms with van der Waals surface area (Å²) in [5.74, 6) is 0. The van der Waals surface area contributed by atoms with Crippen molar-refractivity contribution in [2.24, 2.45) is 0 Å². The van der Waals surface area contributed by atoms with Crippen LogP contribution in [-0.4, -0.2) is 10.2 Å². The van der Waals surface area contributed by atoms with E-state index in [4.69, 9.17) is 0 Å². The highest BCUT2D eigenvalue weighted by atomic mass is 32.1. The zero-order valence-electron chi connectivity index (χ0n) is 9.81. The van der Waals surface area contributed by atoms with E-state index < -0.39 is 0 Å². The molecule has 0 unspecified atom stereocenters. The van der Waals surface area contributed by atoms with E-state index in [-0.39, 0.29) is 0 Å². The Morgan fingerprint density at radius 1 is 1.06 bits per heavy atom. The summed E-state index contributed by atoms with van der Waals surface area (Å²) in [6, 6.07) is 12.8. The number of H-pyrrole nitrogens is 1. The minimum atomic E-state index is 1.08. The van der Waals surface area contributed by atoms with Crippen molar-refractivity contribution in [3.8, 4) is 21.8 Å². The molecule has 88 valence electrons. The van der Waals surface area contributed by atoms with Crippen LogP contribution < -0.4 is 0 Å². The predicted octanol–water partition coefficient (Wildman–Crippen LogP) is 3.90. The fourth-order valence-electron chi connectivity index (χ4n) is 2.68. The molecule has 0 saturated heterocycles. The van der Waals surface area contributed by atoms with Crippen LogP contribution in [0.3, 0.4) is 0 Å². The van der Waals surface area contributed by atoms with E-state index in [9.17, 15) is 0 Å². The molecule has 0 radical (unpaired) electrons. The van der Waals surface area contributed by atoms with Crippen molar-refractivity contribution in [1.82, 2.24) is 10.2 Å². The monoisotopic (exact) mass is 252 g/mol. The quantitative estimate of drug-likeness (QED) is 0.699. The smallest absolute Gasteiger partial charge is 0.0962 e. The van der Waals surface area contributed by atoms with Gasteiger partial charge in [0, 0.05) is 11.1 Å². The van der Waals surface area contributed by atoms with E-state index in [1.807, 2.05) is 0 Å². The van der Waals surface area contributed by atoms with Crippen LogP contribution in [0.25, 0.3) is 21.8 Å². The first-order valence-electron chi connectivity index (χ1n) is 6.13. The Kier molecular flexibility index (Phi) is 2.14. The maximum Gasteiger partial charge on any atom is 0.0962 e. The highest BCUT2D eigenvalue weighted by molar-refractivity contribution is 7.13. The maximum atomic E-state index is 4.54. The molecule has 0 fully saturated rings. The van der Waals surface area contributed by atoms with Gasteiger partial charge in [-0.15, -0.1) is 11.3 Å². The SMILES string of the molecule is c1csc(-c2[nH]nc3c2CCc2ccccc2-3)c1. The van der Waals surface area contributed by atoms with E-state index in [0.29, 0.717) is 0 Å². The molecule has 2 nitrogen and oxygen atoms in total. The molecule has 0 aliphatic heterocycles. The summed E-state index contributed by atoms with van der Waals surface area (Å²) >= 11 is 1.76. The number of nitrogens with zero attached hydrogens (tertiary/aromatic N) is 1. The minimum absolute atomic E-state index is 1.08. The molecule has 0 amide bonds. The topological polar surface area (TPSA) is 28.7 Å². The van der Waals surface area contributed by atoms with Crippen LogP contribution in [0, 0.1) is 0 Å². The average molecular weight is 252 g/mol. The van der Waals surface area contributed by atoms with Gasteiger partial charge < -0.3 is 0 Å². The Morgan fingerprint density at radius 2 is 2.00 bits per heavy atom. The fourth-order valence-corrected chi connectivity index (χ4v) is 3.43. The largest absolute Gasteiger partial charge is 0.276 e. The molecule has 1 aromatic carbocycles. The zero-order valence-corrected chi connectivity index (χ0v) is 10.6. The predicted molar refractivity (Wildman–Crippen MR) is 74.7 cm³/mol. The lowest BCUT2D eigenvalue weighted by Gasteiger charge is -2.15. The molecule has 18 heavy (non-hydrogen) atoms. The third kappa shape index (κ3) is 1.37. The number of fused-ring (bicyclic) bond motifs is 3. The van der Waals surface area contributed by atoms with Gasteiger partial charge in [-0.1, -0.05) is 30.3 Å². The first-order chi connectivity index (χ1) is 8.93. The third-order valence-electron chi connectivity index (χ3n) is 3.55. The molecule has 2 aromatic heterocycles. The van der Waals surface area contributed by atoms with Crippen LogP contribution in [0.1, 0.15) is 11.1 Å². The third-order valence-corrected chi connectivity index (χ3v) is 4.44. The van der Waals surface area contributed by atoms with E-state index in [1.54, 1.807) is 11.3 Å². The van der Waals surface area contributed by atoms with Crippen LogP contribution in [-0.2, 0) is 12.8 Å². The number of rotatable bonds is 1. The molecule has 0 spiro atoms. The Labute approximate surface area is 109 Å². The molecular formula is C15H12N2S. The van der Waals surface area contributed by atoms with Crippen LogP contribution in [0.2, 0.25) is 0 Å². The van der Waals surface area contributed by atoms with Crippen LogP contribution >= 0.6 is 11.3 Å². The lowest BCUT2D eigenvalue weighted by molar-refractivity contribution is 0.943. The normalized spacial score (nSPS) is 13.1. The summed E-state index contributed by atoms with van der Waals surface area (Å²) in [6.07, 6.45) is 2.19. The second kappa shape index (κ2) is 3.82. The first-order valence-corrected chi connectivity index (χ1v) is 7.01. The van der Waals surface area contributed by atoms with Gasteiger partial charge in [-0.25, -0.2) is 0 Å². The fraction of sp³-hybridized carbons (Fsp3) is 0.133. The number of nitrogens with one attached hydrogen (secondary N) is 1. The van der Waals surface area contributed by atoms with E-state index in [1.165, 1.54) is 27.3 Å². The molecule has 4 rings (SSSR count). The Morgan fingerprint density at radius 3 is 2.89 bits per heavy atom. The number of aromatic amines is 1. The van der Waals surface area contributed by atoms with E-state index in [2.05, 4.69) is 52.0 Å². The molecule has 3 heteroatoms. The van der Waals surface area contributed by atoms with Gasteiger partial charge in [0.25, 0.3) is 0 Å². The van der Waals surface area contributed by atoms with Gasteiger partial charge in [-0.05, 0) is 29.9 Å². The highest BCUT2D eigenvalue weighted by Gasteiger charge is 2.22. The van der Waals surface area contributed by atoms with Crippen molar-refractivity contribution in [2.75, 3.05) is 0 Å². The molecule has 1 aliphatic carbocycles. The van der Waals surface area contributed by atoms with E-state index in [0.717, 1.165) is 18.5 Å². The summed E-state index contributed by atoms with van der Waals surface area (Å²) in [6.45, 7) is 0. The lowest BCUT2D eigenvalue weighted by atomic mass is 9.89. The van der Waals surface area contributed by atoms with Gasteiger partial charge in [-0.2, -0.15) is 5.10 Å². The summed E-state index contributed by atoms with van der Waals surface area (Å²) < 4.78 is 0. The van der Waals surface area contributed by atoms with Gasteiger partial charge in [0.05, 0.1) is 16.3 Å². The molecule has 2 heterocycles. The average Bonchev–Trinajstić information content (AvgIpc) is 3.07. The second-order valence-corrected chi connectivity index (χ2v) is 5.51.